The molecule has 0 spiro atoms. The van der Waals surface area contributed by atoms with Gasteiger partial charge in [0.1, 0.15) is 0 Å². The van der Waals surface area contributed by atoms with Crippen molar-refractivity contribution >= 4 is 0 Å². The molecule has 2 nitrogen and oxygen atoms in total. The molecule has 1 N–H and O–H groups in total. The van der Waals surface area contributed by atoms with E-state index in [1.54, 1.807) is 0 Å². The Morgan fingerprint density at radius 1 is 0.960 bits per heavy atom. The van der Waals surface area contributed by atoms with E-state index < -0.39 is 5.60 Å². The minimum atomic E-state index is -0.649. The van der Waals surface area contributed by atoms with Crippen LogP contribution in [-0.4, -0.2) is 29.6 Å². The lowest BCUT2D eigenvalue weighted by atomic mass is 9.80. The molecule has 2 aromatic carbocycles. The second kappa shape index (κ2) is 7.31. The van der Waals surface area contributed by atoms with Gasteiger partial charge in [0.05, 0.1) is 5.60 Å². The van der Waals surface area contributed by atoms with Crippen molar-refractivity contribution in [3.63, 3.8) is 0 Å². The van der Waals surface area contributed by atoms with Crippen LogP contribution in [0.4, 0.5) is 0 Å². The Hall–Kier alpha value is -1.64. The Morgan fingerprint density at radius 3 is 2.16 bits per heavy atom. The summed E-state index contributed by atoms with van der Waals surface area (Å²) in [5.74, 6) is 0. The summed E-state index contributed by atoms with van der Waals surface area (Å²) in [6.07, 6.45) is 2.78. The molecular weight excluding hydrogens is 306 g/mol. The van der Waals surface area contributed by atoms with Gasteiger partial charge in [0.25, 0.3) is 0 Å². The van der Waals surface area contributed by atoms with Crippen molar-refractivity contribution in [3.8, 4) is 0 Å². The van der Waals surface area contributed by atoms with Crippen LogP contribution in [0.3, 0.4) is 0 Å². The largest absolute Gasteiger partial charge is 0.385 e. The molecule has 134 valence electrons. The summed E-state index contributed by atoms with van der Waals surface area (Å²) >= 11 is 0. The molecule has 0 aliphatic carbocycles. The highest BCUT2D eigenvalue weighted by molar-refractivity contribution is 5.27. The normalized spacial score (nSPS) is 18.2. The van der Waals surface area contributed by atoms with Gasteiger partial charge in [-0.1, -0.05) is 74.0 Å². The lowest BCUT2D eigenvalue weighted by Crippen LogP contribution is -2.43. The fraction of sp³-hybridized carbons (Fsp3) is 0.478. The maximum atomic E-state index is 11.0. The molecule has 2 aromatic rings. The van der Waals surface area contributed by atoms with Crippen molar-refractivity contribution in [2.24, 2.45) is 0 Å². The average Bonchev–Trinajstić information content (AvgIpc) is 2.62. The van der Waals surface area contributed by atoms with E-state index >= 15 is 0 Å². The highest BCUT2D eigenvalue weighted by Crippen LogP contribution is 2.34. The number of benzene rings is 2. The Bertz CT molecular complexity index is 667. The van der Waals surface area contributed by atoms with Gasteiger partial charge in [-0.2, -0.15) is 0 Å². The Balaban J connectivity index is 1.55. The van der Waals surface area contributed by atoms with Crippen molar-refractivity contribution < 1.29 is 5.11 Å². The number of likely N-dealkylation sites (tertiary alicyclic amines) is 1. The van der Waals surface area contributed by atoms with Gasteiger partial charge in [0, 0.05) is 13.1 Å². The molecule has 0 radical (unpaired) electrons. The van der Waals surface area contributed by atoms with E-state index in [0.717, 1.165) is 44.5 Å². The highest BCUT2D eigenvalue weighted by Gasteiger charge is 2.34. The minimum Gasteiger partial charge on any atom is -0.385 e. The molecule has 0 bridgehead atoms. The number of hydrogen-bond acceptors (Lipinski definition) is 2. The molecule has 0 aromatic heterocycles. The molecule has 1 saturated heterocycles. The zero-order valence-corrected chi connectivity index (χ0v) is 15.8. The van der Waals surface area contributed by atoms with Gasteiger partial charge in [-0.05, 0) is 49.3 Å². The van der Waals surface area contributed by atoms with Crippen molar-refractivity contribution in [1.82, 2.24) is 4.90 Å². The van der Waals surface area contributed by atoms with Crippen molar-refractivity contribution in [2.75, 3.05) is 19.6 Å². The van der Waals surface area contributed by atoms with Crippen LogP contribution in [0.2, 0.25) is 0 Å². The average molecular weight is 338 g/mol. The summed E-state index contributed by atoms with van der Waals surface area (Å²) in [7, 11) is 0. The van der Waals surface area contributed by atoms with Crippen LogP contribution in [-0.2, 0) is 11.0 Å². The van der Waals surface area contributed by atoms with E-state index in [-0.39, 0.29) is 5.41 Å². The monoisotopic (exact) mass is 337 g/mol. The number of rotatable bonds is 5. The Kier molecular flexibility index (Phi) is 5.31. The molecule has 1 aliphatic rings. The first kappa shape index (κ1) is 18.2. The Morgan fingerprint density at radius 2 is 1.56 bits per heavy atom. The highest BCUT2D eigenvalue weighted by atomic mass is 16.3. The van der Waals surface area contributed by atoms with Gasteiger partial charge in [-0.3, -0.25) is 0 Å². The van der Waals surface area contributed by atoms with E-state index in [9.17, 15) is 5.11 Å². The van der Waals surface area contributed by atoms with Gasteiger partial charge in [-0.15, -0.1) is 0 Å². The first-order valence-corrected chi connectivity index (χ1v) is 9.47. The second-order valence-corrected chi connectivity index (χ2v) is 8.24. The molecule has 1 heterocycles. The molecular formula is C23H31NO. The van der Waals surface area contributed by atoms with Gasteiger partial charge in [-0.25, -0.2) is 0 Å². The molecule has 0 unspecified atom stereocenters. The van der Waals surface area contributed by atoms with E-state index in [0.29, 0.717) is 0 Å². The third-order valence-corrected chi connectivity index (χ3v) is 5.88. The molecule has 3 rings (SSSR count). The number of hydrogen-bond donors (Lipinski definition) is 1. The number of aliphatic hydroxyl groups is 1. The van der Waals surface area contributed by atoms with Crippen LogP contribution in [0.5, 0.6) is 0 Å². The van der Waals surface area contributed by atoms with Gasteiger partial charge in [0.2, 0.25) is 0 Å². The molecule has 0 amide bonds. The molecule has 25 heavy (non-hydrogen) atoms. The zero-order chi connectivity index (χ0) is 17.9. The summed E-state index contributed by atoms with van der Waals surface area (Å²) in [6, 6.07) is 19.1. The third-order valence-electron chi connectivity index (χ3n) is 5.88. The topological polar surface area (TPSA) is 23.5 Å². The maximum Gasteiger partial charge on any atom is 0.0920 e. The number of aryl methyl sites for hydroxylation is 1. The quantitative estimate of drug-likeness (QED) is 0.859. The maximum absolute atomic E-state index is 11.0. The first-order chi connectivity index (χ1) is 11.9. The first-order valence-electron chi connectivity index (χ1n) is 9.47. The van der Waals surface area contributed by atoms with Gasteiger partial charge in [0.15, 0.2) is 0 Å². The number of nitrogens with zero attached hydrogens (tertiary/aromatic N) is 1. The molecule has 0 saturated carbocycles. The standard InChI is InChI=1S/C23H31NO/c1-19-9-11-20(12-10-19)22(2,3)13-16-24-17-14-23(25,15-18-24)21-7-5-4-6-8-21/h4-12,25H,13-18H2,1-3H3. The van der Waals surface area contributed by atoms with Crippen LogP contribution >= 0.6 is 0 Å². The number of piperidine rings is 1. The van der Waals surface area contributed by atoms with Crippen molar-refractivity contribution in [3.05, 3.63) is 71.3 Å². The third kappa shape index (κ3) is 4.31. The summed E-state index contributed by atoms with van der Waals surface area (Å²) in [5.41, 5.74) is 3.33. The van der Waals surface area contributed by atoms with E-state index in [4.69, 9.17) is 0 Å². The summed E-state index contributed by atoms with van der Waals surface area (Å²) < 4.78 is 0. The predicted octanol–water partition coefficient (Wildman–Crippen LogP) is 4.65. The summed E-state index contributed by atoms with van der Waals surface area (Å²) in [4.78, 5) is 2.51. The summed E-state index contributed by atoms with van der Waals surface area (Å²) in [5, 5.41) is 11.0. The van der Waals surface area contributed by atoms with Crippen LogP contribution in [0.15, 0.2) is 54.6 Å². The smallest absolute Gasteiger partial charge is 0.0920 e. The molecule has 0 atom stereocenters. The summed E-state index contributed by atoms with van der Waals surface area (Å²) in [6.45, 7) is 9.83. The molecule has 2 heteroatoms. The van der Waals surface area contributed by atoms with Crippen LogP contribution in [0, 0.1) is 6.92 Å². The van der Waals surface area contributed by atoms with E-state index in [1.165, 1.54) is 11.1 Å². The molecule has 1 aliphatic heterocycles. The fourth-order valence-electron chi connectivity index (χ4n) is 3.77. The zero-order valence-electron chi connectivity index (χ0n) is 15.8. The lowest BCUT2D eigenvalue weighted by molar-refractivity contribution is -0.0268. The van der Waals surface area contributed by atoms with Crippen molar-refractivity contribution in [1.29, 1.82) is 0 Å². The van der Waals surface area contributed by atoms with Crippen LogP contribution < -0.4 is 0 Å². The lowest BCUT2D eigenvalue weighted by Gasteiger charge is -2.39. The van der Waals surface area contributed by atoms with Crippen molar-refractivity contribution in [2.45, 2.75) is 51.0 Å². The van der Waals surface area contributed by atoms with Crippen LogP contribution in [0.1, 0.15) is 49.8 Å². The Labute approximate surface area is 152 Å². The second-order valence-electron chi connectivity index (χ2n) is 8.24. The van der Waals surface area contributed by atoms with Gasteiger partial charge >= 0.3 is 0 Å². The molecule has 1 fully saturated rings. The SMILES string of the molecule is Cc1ccc(C(C)(C)CCN2CCC(O)(c3ccccc3)CC2)cc1. The fourth-order valence-corrected chi connectivity index (χ4v) is 3.77. The van der Waals surface area contributed by atoms with E-state index in [1.807, 2.05) is 18.2 Å². The predicted molar refractivity (Wildman–Crippen MR) is 105 cm³/mol. The minimum absolute atomic E-state index is 0.181. The van der Waals surface area contributed by atoms with Crippen LogP contribution in [0.25, 0.3) is 0 Å². The van der Waals surface area contributed by atoms with E-state index in [2.05, 4.69) is 62.1 Å². The van der Waals surface area contributed by atoms with Gasteiger partial charge < -0.3 is 10.0 Å².